The molecule has 1 saturated carbocycles. The van der Waals surface area contributed by atoms with Gasteiger partial charge < -0.3 is 0 Å². The van der Waals surface area contributed by atoms with E-state index in [9.17, 15) is 9.18 Å². The van der Waals surface area contributed by atoms with Gasteiger partial charge in [0.15, 0.2) is 5.78 Å². The Morgan fingerprint density at radius 2 is 1.81 bits per heavy atom. The van der Waals surface area contributed by atoms with E-state index in [-0.39, 0.29) is 16.6 Å². The number of allylic oxidation sites excluding steroid dienone is 6. The lowest BCUT2D eigenvalue weighted by Gasteiger charge is -2.50. The van der Waals surface area contributed by atoms with E-state index in [0.717, 1.165) is 25.7 Å². The van der Waals surface area contributed by atoms with Crippen LogP contribution in [0.4, 0.5) is 4.39 Å². The van der Waals surface area contributed by atoms with Crippen LogP contribution in [0.1, 0.15) is 57.9 Å². The third kappa shape index (κ3) is 2.31. The van der Waals surface area contributed by atoms with Crippen molar-refractivity contribution in [2.75, 3.05) is 0 Å². The Hall–Kier alpha value is -1.96. The van der Waals surface area contributed by atoms with Crippen LogP contribution in [0.15, 0.2) is 59.2 Å². The average Bonchev–Trinajstić information content (AvgIpc) is 2.94. The minimum absolute atomic E-state index is 0.0384. The van der Waals surface area contributed by atoms with Gasteiger partial charge in [-0.05, 0) is 89.8 Å². The molecule has 0 N–H and O–H groups in total. The van der Waals surface area contributed by atoms with Crippen molar-refractivity contribution in [1.82, 2.24) is 0 Å². The zero-order valence-corrected chi connectivity index (χ0v) is 16.2. The van der Waals surface area contributed by atoms with E-state index in [1.165, 1.54) is 28.7 Å². The van der Waals surface area contributed by atoms with Gasteiger partial charge in [0, 0.05) is 11.8 Å². The predicted octanol–water partition coefficient (Wildman–Crippen LogP) is 6.07. The topological polar surface area (TPSA) is 17.1 Å². The number of benzene rings is 1. The van der Waals surface area contributed by atoms with Gasteiger partial charge in [-0.3, -0.25) is 4.79 Å². The van der Waals surface area contributed by atoms with Crippen molar-refractivity contribution in [3.8, 4) is 0 Å². The van der Waals surface area contributed by atoms with Crippen LogP contribution in [0, 0.1) is 23.1 Å². The summed E-state index contributed by atoms with van der Waals surface area (Å²) < 4.78 is 13.5. The molecule has 1 nitrogen and oxygen atoms in total. The van der Waals surface area contributed by atoms with Gasteiger partial charge in [-0.1, -0.05) is 38.1 Å². The molecule has 0 spiro atoms. The van der Waals surface area contributed by atoms with Crippen LogP contribution in [-0.2, 0) is 10.2 Å². The molecule has 1 aromatic carbocycles. The first-order valence-electron chi connectivity index (χ1n) is 10.3. The standard InChI is InChI=1S/C25H27FO/c1-24(17-4-6-18(26)7-5-17)14-12-23-22-9-3-16-15-19(27)8-10-20(16)21(22)11-13-25(23,24)2/h4-7,11,13,15,22-23H,3,8-10,12,14H2,1-2H3/t22?,23-,24+,25-/m0/s1. The van der Waals surface area contributed by atoms with Gasteiger partial charge in [-0.2, -0.15) is 0 Å². The van der Waals surface area contributed by atoms with E-state index in [1.54, 1.807) is 12.1 Å². The molecule has 0 aromatic heterocycles. The minimum atomic E-state index is -0.160. The van der Waals surface area contributed by atoms with Crippen molar-refractivity contribution in [3.63, 3.8) is 0 Å². The summed E-state index contributed by atoms with van der Waals surface area (Å²) in [4.78, 5) is 11.8. The molecule has 4 aliphatic carbocycles. The zero-order valence-electron chi connectivity index (χ0n) is 16.2. The van der Waals surface area contributed by atoms with E-state index in [0.29, 0.717) is 24.0 Å². The van der Waals surface area contributed by atoms with Crippen LogP contribution in [0.25, 0.3) is 0 Å². The Morgan fingerprint density at radius 3 is 2.59 bits per heavy atom. The van der Waals surface area contributed by atoms with Crippen LogP contribution in [0.2, 0.25) is 0 Å². The highest BCUT2D eigenvalue weighted by atomic mass is 19.1. The normalized spacial score (nSPS) is 37.6. The van der Waals surface area contributed by atoms with Gasteiger partial charge >= 0.3 is 0 Å². The number of carbonyl (C=O) groups is 1. The second-order valence-corrected chi connectivity index (χ2v) is 9.32. The van der Waals surface area contributed by atoms with Crippen LogP contribution in [0.5, 0.6) is 0 Å². The summed E-state index contributed by atoms with van der Waals surface area (Å²) >= 11 is 0. The number of ketones is 1. The number of hydrogen-bond acceptors (Lipinski definition) is 1. The fraction of sp³-hybridized carbons (Fsp3) is 0.480. The molecule has 0 saturated heterocycles. The Balaban J connectivity index is 1.60. The second-order valence-electron chi connectivity index (χ2n) is 9.32. The van der Waals surface area contributed by atoms with Crippen molar-refractivity contribution >= 4 is 5.78 Å². The highest BCUT2D eigenvalue weighted by Gasteiger charge is 2.57. The molecule has 1 unspecified atom stereocenters. The van der Waals surface area contributed by atoms with E-state index in [1.807, 2.05) is 18.2 Å². The summed E-state index contributed by atoms with van der Waals surface area (Å²) in [6.45, 7) is 4.79. The zero-order chi connectivity index (χ0) is 18.8. The molecule has 4 atom stereocenters. The van der Waals surface area contributed by atoms with Crippen LogP contribution >= 0.6 is 0 Å². The number of fused-ring (bicyclic) bond motifs is 4. The molecular formula is C25H27FO. The fourth-order valence-corrected chi connectivity index (χ4v) is 6.53. The van der Waals surface area contributed by atoms with E-state index in [2.05, 4.69) is 26.0 Å². The van der Waals surface area contributed by atoms with Crippen LogP contribution < -0.4 is 0 Å². The van der Waals surface area contributed by atoms with Crippen molar-refractivity contribution in [2.45, 2.75) is 57.8 Å². The monoisotopic (exact) mass is 362 g/mol. The molecular weight excluding hydrogens is 335 g/mol. The number of hydrogen-bond donors (Lipinski definition) is 0. The molecule has 0 aliphatic heterocycles. The average molecular weight is 362 g/mol. The highest BCUT2D eigenvalue weighted by Crippen LogP contribution is 2.64. The third-order valence-electron chi connectivity index (χ3n) is 8.31. The van der Waals surface area contributed by atoms with Crippen molar-refractivity contribution < 1.29 is 9.18 Å². The smallest absolute Gasteiger partial charge is 0.156 e. The van der Waals surface area contributed by atoms with Crippen molar-refractivity contribution in [3.05, 3.63) is 70.6 Å². The predicted molar refractivity (Wildman–Crippen MR) is 106 cm³/mol. The third-order valence-corrected chi connectivity index (χ3v) is 8.31. The first kappa shape index (κ1) is 17.2. The van der Waals surface area contributed by atoms with Crippen molar-refractivity contribution in [1.29, 1.82) is 0 Å². The summed E-state index contributed by atoms with van der Waals surface area (Å²) in [5, 5.41) is 0. The molecule has 1 fully saturated rings. The lowest BCUT2D eigenvalue weighted by atomic mass is 9.54. The van der Waals surface area contributed by atoms with Crippen LogP contribution in [0.3, 0.4) is 0 Å². The Bertz CT molecular complexity index is 903. The molecule has 4 aliphatic rings. The summed E-state index contributed by atoms with van der Waals surface area (Å²) in [5.74, 6) is 1.36. The van der Waals surface area contributed by atoms with E-state index < -0.39 is 0 Å². The minimum Gasteiger partial charge on any atom is -0.295 e. The van der Waals surface area contributed by atoms with Gasteiger partial charge in [0.1, 0.15) is 5.82 Å². The second kappa shape index (κ2) is 5.77. The highest BCUT2D eigenvalue weighted by molar-refractivity contribution is 5.93. The van der Waals surface area contributed by atoms with Gasteiger partial charge in [-0.25, -0.2) is 4.39 Å². The maximum atomic E-state index is 13.5. The first-order valence-corrected chi connectivity index (χ1v) is 10.3. The summed E-state index contributed by atoms with van der Waals surface area (Å²) in [6.07, 6.45) is 12.9. The molecule has 0 radical (unpaired) electrons. The first-order chi connectivity index (χ1) is 12.9. The number of carbonyl (C=O) groups excluding carboxylic acids is 1. The molecule has 0 amide bonds. The Kier molecular flexibility index (Phi) is 3.67. The van der Waals surface area contributed by atoms with Gasteiger partial charge in [-0.15, -0.1) is 0 Å². The lowest BCUT2D eigenvalue weighted by molar-refractivity contribution is -0.114. The maximum absolute atomic E-state index is 13.5. The Labute approximate surface area is 161 Å². The quantitative estimate of drug-likeness (QED) is 0.593. The number of halogens is 1. The van der Waals surface area contributed by atoms with Gasteiger partial charge in [0.2, 0.25) is 0 Å². The van der Waals surface area contributed by atoms with Crippen molar-refractivity contribution in [2.24, 2.45) is 17.3 Å². The van der Waals surface area contributed by atoms with Gasteiger partial charge in [0.05, 0.1) is 0 Å². The van der Waals surface area contributed by atoms with E-state index >= 15 is 0 Å². The molecule has 140 valence electrons. The number of rotatable bonds is 1. The Morgan fingerprint density at radius 1 is 1.04 bits per heavy atom. The summed E-state index contributed by atoms with van der Waals surface area (Å²) in [5.41, 5.74) is 5.65. The van der Waals surface area contributed by atoms with Gasteiger partial charge in [0.25, 0.3) is 0 Å². The molecule has 1 aromatic rings. The lowest BCUT2D eigenvalue weighted by Crippen LogP contribution is -2.44. The molecule has 5 rings (SSSR count). The maximum Gasteiger partial charge on any atom is 0.156 e. The SMILES string of the molecule is C[C@]12C=CC3=C4CCC(=O)C=C4CCC3[C@@H]1CC[C@]2(C)c1ccc(F)cc1. The molecule has 0 bridgehead atoms. The summed E-state index contributed by atoms with van der Waals surface area (Å²) in [7, 11) is 0. The molecule has 27 heavy (non-hydrogen) atoms. The molecule has 2 heteroatoms. The largest absolute Gasteiger partial charge is 0.295 e. The van der Waals surface area contributed by atoms with E-state index in [4.69, 9.17) is 0 Å². The summed E-state index contributed by atoms with van der Waals surface area (Å²) in [6, 6.07) is 7.18. The van der Waals surface area contributed by atoms with Crippen LogP contribution in [-0.4, -0.2) is 5.78 Å². The molecule has 0 heterocycles. The fourth-order valence-electron chi connectivity index (χ4n) is 6.53.